The molecule has 0 bridgehead atoms. The van der Waals surface area contributed by atoms with Gasteiger partial charge < -0.3 is 9.84 Å². The highest BCUT2D eigenvalue weighted by Crippen LogP contribution is 2.40. The summed E-state index contributed by atoms with van der Waals surface area (Å²) in [5.74, 6) is -3.25. The molecule has 0 spiro atoms. The Bertz CT molecular complexity index is 1920. The number of carboxylic acid groups (broad SMARTS) is 1. The zero-order valence-electron chi connectivity index (χ0n) is 26.8. The number of aromatic nitrogens is 2. The number of nitrogens with zero attached hydrogens (tertiary/aromatic N) is 3. The van der Waals surface area contributed by atoms with Gasteiger partial charge in [0.2, 0.25) is 10.0 Å². The van der Waals surface area contributed by atoms with Gasteiger partial charge in [0, 0.05) is 35.5 Å². The Balaban J connectivity index is 1.44. The molecule has 1 aromatic heterocycles. The number of hydrogen-bond acceptors (Lipinski definition) is 6. The number of methoxy groups -OCH3 is 1. The number of thioether (sulfide) groups is 1. The summed E-state index contributed by atoms with van der Waals surface area (Å²) >= 11 is 7.30. The Morgan fingerprint density at radius 3 is 2.25 bits per heavy atom. The molecule has 0 atom stereocenters. The van der Waals surface area contributed by atoms with Gasteiger partial charge in [-0.2, -0.15) is 4.31 Å². The van der Waals surface area contributed by atoms with Crippen molar-refractivity contribution in [3.05, 3.63) is 100 Å². The van der Waals surface area contributed by atoms with Crippen molar-refractivity contribution in [3.63, 3.8) is 0 Å². The lowest BCUT2D eigenvalue weighted by Crippen LogP contribution is -2.46. The van der Waals surface area contributed by atoms with Crippen molar-refractivity contribution in [2.24, 2.45) is 5.41 Å². The van der Waals surface area contributed by atoms with Gasteiger partial charge in [-0.25, -0.2) is 26.6 Å². The van der Waals surface area contributed by atoms with Crippen LogP contribution in [0.2, 0.25) is 5.02 Å². The molecule has 0 saturated carbocycles. The highest BCUT2D eigenvalue weighted by molar-refractivity contribution is 7.98. The molecule has 4 aromatic rings. The van der Waals surface area contributed by atoms with Crippen molar-refractivity contribution in [3.8, 4) is 11.4 Å². The molecule has 48 heavy (non-hydrogen) atoms. The van der Waals surface area contributed by atoms with Crippen LogP contribution in [0.5, 0.6) is 5.75 Å². The molecule has 14 heteroatoms. The Labute approximate surface area is 286 Å². The third-order valence-corrected chi connectivity index (χ3v) is 12.4. The first kappa shape index (κ1) is 35.8. The van der Waals surface area contributed by atoms with E-state index in [9.17, 15) is 22.7 Å². The average molecular weight is 722 g/mol. The molecule has 0 aliphatic carbocycles. The van der Waals surface area contributed by atoms with E-state index in [4.69, 9.17) is 16.3 Å². The van der Waals surface area contributed by atoms with Crippen LogP contribution in [0.1, 0.15) is 56.9 Å². The van der Waals surface area contributed by atoms with E-state index in [1.54, 1.807) is 35.9 Å². The summed E-state index contributed by atoms with van der Waals surface area (Å²) in [4.78, 5) is 15.8. The van der Waals surface area contributed by atoms with Gasteiger partial charge in [0.15, 0.2) is 5.16 Å². The van der Waals surface area contributed by atoms with Crippen LogP contribution >= 0.6 is 23.4 Å². The van der Waals surface area contributed by atoms with Gasteiger partial charge in [-0.05, 0) is 73.4 Å². The molecule has 2 heterocycles. The first-order valence-corrected chi connectivity index (χ1v) is 18.0. The van der Waals surface area contributed by atoms with Crippen LogP contribution in [-0.4, -0.2) is 53.5 Å². The van der Waals surface area contributed by atoms with Crippen LogP contribution in [0.3, 0.4) is 0 Å². The number of aliphatic carboxylic acids is 1. The molecule has 0 radical (unpaired) electrons. The first-order valence-electron chi connectivity index (χ1n) is 15.2. The smallest absolute Gasteiger partial charge is 0.309 e. The minimum atomic E-state index is -4.28. The number of sulfonamides is 1. The third kappa shape index (κ3) is 6.70. The molecule has 1 aliphatic heterocycles. The molecule has 0 amide bonds. The lowest BCUT2D eigenvalue weighted by molar-refractivity contribution is -0.151. The fourth-order valence-electron chi connectivity index (χ4n) is 5.94. The van der Waals surface area contributed by atoms with Gasteiger partial charge in [0.1, 0.15) is 23.2 Å². The second-order valence-electron chi connectivity index (χ2n) is 12.2. The average Bonchev–Trinajstić information content (AvgIpc) is 3.49. The van der Waals surface area contributed by atoms with Crippen LogP contribution in [0.4, 0.5) is 13.2 Å². The lowest BCUT2D eigenvalue weighted by Gasteiger charge is -2.37. The van der Waals surface area contributed by atoms with Crippen molar-refractivity contribution >= 4 is 39.4 Å². The number of hydrogen-bond donors (Lipinski definition) is 1. The van der Waals surface area contributed by atoms with E-state index in [0.717, 1.165) is 33.8 Å². The predicted octanol–water partition coefficient (Wildman–Crippen LogP) is 7.84. The van der Waals surface area contributed by atoms with Gasteiger partial charge in [-0.3, -0.25) is 9.36 Å². The topological polar surface area (TPSA) is 102 Å². The fourth-order valence-corrected chi connectivity index (χ4v) is 8.61. The zero-order valence-corrected chi connectivity index (χ0v) is 29.2. The molecule has 0 unspecified atom stereocenters. The molecule has 256 valence electrons. The third-order valence-electron chi connectivity index (χ3n) is 9.24. The zero-order chi connectivity index (χ0) is 35.0. The highest BCUT2D eigenvalue weighted by Gasteiger charge is 2.43. The molecule has 1 N–H and O–H groups in total. The number of carboxylic acids is 1. The van der Waals surface area contributed by atoms with Gasteiger partial charge in [0.25, 0.3) is 0 Å². The summed E-state index contributed by atoms with van der Waals surface area (Å²) in [6, 6.07) is 12.7. The van der Waals surface area contributed by atoms with E-state index < -0.39 is 49.2 Å². The summed E-state index contributed by atoms with van der Waals surface area (Å²) in [5.41, 5.74) is 0.0411. The fraction of sp³-hybridized carbons (Fsp3) is 0.353. The van der Waals surface area contributed by atoms with E-state index >= 15 is 8.78 Å². The Morgan fingerprint density at radius 1 is 1.06 bits per heavy atom. The van der Waals surface area contributed by atoms with E-state index in [0.29, 0.717) is 33.7 Å². The number of imidazole rings is 1. The molecule has 1 fully saturated rings. The van der Waals surface area contributed by atoms with Crippen LogP contribution in [0.15, 0.2) is 70.8 Å². The minimum Gasteiger partial charge on any atom is -0.495 e. The SMILES string of the molecule is CCC1(C(=O)O)CCN(S(=O)(=O)c2cc(F)c(CSc3ncc(C(C)(C)c4ccc(Cl)c(OC)c4)n3-c3ccc(F)cc3)c(F)c2)CC1. The maximum absolute atomic E-state index is 15.5. The normalized spacial score (nSPS) is 15.4. The van der Waals surface area contributed by atoms with Gasteiger partial charge in [0.05, 0.1) is 34.3 Å². The first-order chi connectivity index (χ1) is 22.6. The summed E-state index contributed by atoms with van der Waals surface area (Å²) in [6.45, 7) is 5.52. The molecular formula is C34H35ClF3N3O5S2. The highest BCUT2D eigenvalue weighted by atomic mass is 35.5. The van der Waals surface area contributed by atoms with E-state index in [-0.39, 0.29) is 37.2 Å². The number of ether oxygens (including phenoxy) is 1. The second-order valence-corrected chi connectivity index (χ2v) is 15.5. The predicted molar refractivity (Wildman–Crippen MR) is 178 cm³/mol. The maximum Gasteiger partial charge on any atom is 0.309 e. The van der Waals surface area contributed by atoms with Crippen LogP contribution in [-0.2, 0) is 26.0 Å². The van der Waals surface area contributed by atoms with Gasteiger partial charge in [-0.15, -0.1) is 0 Å². The molecule has 8 nitrogen and oxygen atoms in total. The largest absolute Gasteiger partial charge is 0.495 e. The lowest BCUT2D eigenvalue weighted by atomic mass is 9.77. The van der Waals surface area contributed by atoms with Crippen molar-refractivity contribution < 1.29 is 36.2 Å². The maximum atomic E-state index is 15.5. The standard InChI is InChI=1S/C34H35ClF3N3O5S2/c1-5-34(31(42)43)12-14-40(15-13-34)48(44,45)24-17-27(37)25(28(38)18-24)20-47-32-39-19-30(41(32)23-9-7-22(36)8-10-23)33(2,3)21-6-11-26(35)29(16-21)46-4/h6-11,16-19H,5,12-15,20H2,1-4H3,(H,42,43). The summed E-state index contributed by atoms with van der Waals surface area (Å²) in [6.07, 6.45) is 2.19. The number of rotatable bonds is 11. The van der Waals surface area contributed by atoms with Crippen LogP contribution in [0, 0.1) is 22.9 Å². The Morgan fingerprint density at radius 2 is 1.69 bits per heavy atom. The molecule has 1 aliphatic rings. The number of halogens is 4. The quantitative estimate of drug-likeness (QED) is 0.158. The van der Waals surface area contributed by atoms with E-state index in [1.165, 1.54) is 19.2 Å². The van der Waals surface area contributed by atoms with Crippen molar-refractivity contribution in [1.82, 2.24) is 13.9 Å². The molecule has 5 rings (SSSR count). The van der Waals surface area contributed by atoms with E-state index in [2.05, 4.69) is 4.98 Å². The summed E-state index contributed by atoms with van der Waals surface area (Å²) < 4.78 is 79.8. The van der Waals surface area contributed by atoms with E-state index in [1.807, 2.05) is 26.0 Å². The Hall–Kier alpha value is -3.52. The van der Waals surface area contributed by atoms with Crippen molar-refractivity contribution in [2.45, 2.75) is 61.3 Å². The van der Waals surface area contributed by atoms with Crippen molar-refractivity contribution in [2.75, 3.05) is 20.2 Å². The van der Waals surface area contributed by atoms with Gasteiger partial charge >= 0.3 is 5.97 Å². The summed E-state index contributed by atoms with van der Waals surface area (Å²) in [7, 11) is -2.76. The monoisotopic (exact) mass is 721 g/mol. The summed E-state index contributed by atoms with van der Waals surface area (Å²) in [5, 5.41) is 10.5. The second kappa shape index (κ2) is 13.8. The molecule has 1 saturated heterocycles. The van der Waals surface area contributed by atoms with Crippen LogP contribution < -0.4 is 4.74 Å². The number of piperidine rings is 1. The Kier molecular flexibility index (Phi) is 10.3. The van der Waals surface area contributed by atoms with Gasteiger partial charge in [-0.1, -0.05) is 50.2 Å². The number of benzene rings is 3. The number of carbonyl (C=O) groups is 1. The van der Waals surface area contributed by atoms with Crippen molar-refractivity contribution in [1.29, 1.82) is 0 Å². The van der Waals surface area contributed by atoms with Crippen LogP contribution in [0.25, 0.3) is 5.69 Å². The molecule has 3 aromatic carbocycles. The minimum absolute atomic E-state index is 0.0726. The molecular weight excluding hydrogens is 687 g/mol.